The van der Waals surface area contributed by atoms with E-state index in [2.05, 4.69) is 10.5 Å². The summed E-state index contributed by atoms with van der Waals surface area (Å²) >= 11 is 5.95. The summed E-state index contributed by atoms with van der Waals surface area (Å²) in [6.07, 6.45) is 1.32. The van der Waals surface area contributed by atoms with Crippen LogP contribution in [0.1, 0.15) is 15.9 Å². The lowest BCUT2D eigenvalue weighted by molar-refractivity contribution is -0.385. The second-order valence-corrected chi connectivity index (χ2v) is 5.41. The molecule has 0 unspecified atom stereocenters. The third kappa shape index (κ3) is 3.35. The van der Waals surface area contributed by atoms with Gasteiger partial charge in [0, 0.05) is 31.3 Å². The van der Waals surface area contributed by atoms with E-state index in [-0.39, 0.29) is 22.0 Å². The highest BCUT2D eigenvalue weighted by atomic mass is 35.5. The predicted octanol–water partition coefficient (Wildman–Crippen LogP) is 1.43. The molecule has 0 aliphatic carbocycles. The first-order valence-electron chi connectivity index (χ1n) is 6.74. The van der Waals surface area contributed by atoms with Gasteiger partial charge < -0.3 is 0 Å². The number of rotatable bonds is 4. The largest absolute Gasteiger partial charge is 0.287 e. The number of aryl methyl sites for hydroxylation is 2. The third-order valence-corrected chi connectivity index (χ3v) is 3.71. The fraction of sp³-hybridized carbons (Fsp3) is 0.214. The molecule has 0 radical (unpaired) electrons. The summed E-state index contributed by atoms with van der Waals surface area (Å²) in [5.41, 5.74) is 2.57. The van der Waals surface area contributed by atoms with Crippen molar-refractivity contribution in [2.75, 3.05) is 12.1 Å². The zero-order chi connectivity index (χ0) is 18.0. The molecule has 9 nitrogen and oxygen atoms in total. The molecule has 10 heteroatoms. The smallest absolute Gasteiger partial charge is 0.285 e. The molecule has 1 aromatic carbocycles. The van der Waals surface area contributed by atoms with E-state index >= 15 is 0 Å². The number of hydrogen-bond donors (Lipinski definition) is 1. The van der Waals surface area contributed by atoms with Crippen molar-refractivity contribution in [1.82, 2.24) is 15.2 Å². The van der Waals surface area contributed by atoms with Gasteiger partial charge in [-0.3, -0.25) is 30.1 Å². The summed E-state index contributed by atoms with van der Waals surface area (Å²) in [6.45, 7) is 1.58. The molecule has 0 saturated carbocycles. The van der Waals surface area contributed by atoms with Gasteiger partial charge in [0.25, 0.3) is 17.2 Å². The summed E-state index contributed by atoms with van der Waals surface area (Å²) in [7, 11) is 2.92. The third-order valence-electron chi connectivity index (χ3n) is 3.36. The molecule has 1 N–H and O–H groups in total. The first-order valence-corrected chi connectivity index (χ1v) is 7.11. The second kappa shape index (κ2) is 6.67. The number of nitrogens with zero attached hydrogens (tertiary/aromatic N) is 4. The number of carbonyl (C=O) groups is 1. The normalized spacial score (nSPS) is 10.3. The Hall–Kier alpha value is -2.94. The van der Waals surface area contributed by atoms with Gasteiger partial charge >= 0.3 is 0 Å². The van der Waals surface area contributed by atoms with Crippen LogP contribution in [0.3, 0.4) is 0 Å². The van der Waals surface area contributed by atoms with Gasteiger partial charge in [-0.25, -0.2) is 4.68 Å². The molecule has 24 heavy (non-hydrogen) atoms. The monoisotopic (exact) mass is 351 g/mol. The van der Waals surface area contributed by atoms with Crippen LogP contribution >= 0.6 is 11.6 Å². The molecule has 0 aliphatic heterocycles. The van der Waals surface area contributed by atoms with Crippen molar-refractivity contribution in [2.45, 2.75) is 6.92 Å². The maximum absolute atomic E-state index is 12.3. The molecule has 0 spiro atoms. The van der Waals surface area contributed by atoms with Crippen molar-refractivity contribution in [3.63, 3.8) is 0 Å². The molecule has 0 saturated heterocycles. The van der Waals surface area contributed by atoms with Gasteiger partial charge in [-0.2, -0.15) is 5.10 Å². The molecule has 1 aromatic heterocycles. The van der Waals surface area contributed by atoms with E-state index in [1.54, 1.807) is 6.92 Å². The highest BCUT2D eigenvalue weighted by molar-refractivity contribution is 6.33. The topological polar surface area (TPSA) is 110 Å². The van der Waals surface area contributed by atoms with Crippen LogP contribution in [0, 0.1) is 17.0 Å². The van der Waals surface area contributed by atoms with E-state index in [4.69, 9.17) is 11.6 Å². The maximum atomic E-state index is 12.3. The quantitative estimate of drug-likeness (QED) is 0.659. The van der Waals surface area contributed by atoms with Crippen LogP contribution in [0.2, 0.25) is 5.02 Å². The molecular formula is C14H14ClN5O4. The minimum absolute atomic E-state index is 0.104. The summed E-state index contributed by atoms with van der Waals surface area (Å²) in [5.74, 6) is -0.586. The van der Waals surface area contributed by atoms with E-state index in [0.29, 0.717) is 5.56 Å². The van der Waals surface area contributed by atoms with Gasteiger partial charge in [-0.15, -0.1) is 0 Å². The Bertz CT molecular complexity index is 880. The Morgan fingerprint density at radius 2 is 2.12 bits per heavy atom. The van der Waals surface area contributed by atoms with Gasteiger partial charge in [0.1, 0.15) is 10.7 Å². The number of benzene rings is 1. The van der Waals surface area contributed by atoms with Crippen LogP contribution in [-0.2, 0) is 7.05 Å². The Balaban J connectivity index is 2.27. The number of carbonyl (C=O) groups excluding carboxylic acids is 1. The van der Waals surface area contributed by atoms with E-state index in [1.165, 1.54) is 43.5 Å². The van der Waals surface area contributed by atoms with Crippen molar-refractivity contribution >= 4 is 28.9 Å². The summed E-state index contributed by atoms with van der Waals surface area (Å²) in [6, 6.07) is 4.14. The molecule has 0 fully saturated rings. The number of nitrogens with one attached hydrogen (secondary N) is 1. The Morgan fingerprint density at radius 1 is 1.46 bits per heavy atom. The lowest BCUT2D eigenvalue weighted by atomic mass is 10.1. The standard InChI is InChI=1S/C14H14ClN5O4/c1-8-4-5-9(6-10(8)20(23)24)13(21)17-18(2)11-7-16-19(3)14(22)12(11)15/h4-7H,1-3H3,(H,17,21). The fourth-order valence-electron chi connectivity index (χ4n) is 1.96. The minimum atomic E-state index is -0.586. The van der Waals surface area contributed by atoms with Crippen molar-refractivity contribution in [1.29, 1.82) is 0 Å². The lowest BCUT2D eigenvalue weighted by Crippen LogP contribution is -2.40. The Morgan fingerprint density at radius 3 is 2.75 bits per heavy atom. The van der Waals surface area contributed by atoms with Gasteiger partial charge in [0.15, 0.2) is 0 Å². The van der Waals surface area contributed by atoms with E-state index in [0.717, 1.165) is 4.68 Å². The molecule has 126 valence electrons. The van der Waals surface area contributed by atoms with E-state index < -0.39 is 16.4 Å². The number of nitro groups is 1. The number of hydrogen-bond acceptors (Lipinski definition) is 6. The number of nitro benzene ring substituents is 1. The van der Waals surface area contributed by atoms with Gasteiger partial charge in [-0.1, -0.05) is 17.7 Å². The molecule has 1 heterocycles. The molecule has 1 amide bonds. The van der Waals surface area contributed by atoms with Crippen molar-refractivity contribution in [2.24, 2.45) is 7.05 Å². The molecular weight excluding hydrogens is 338 g/mol. The fourth-order valence-corrected chi connectivity index (χ4v) is 2.26. The van der Waals surface area contributed by atoms with Crippen LogP contribution in [0.15, 0.2) is 29.2 Å². The molecule has 0 bridgehead atoms. The predicted molar refractivity (Wildman–Crippen MR) is 88.2 cm³/mol. The van der Waals surface area contributed by atoms with Crippen molar-refractivity contribution < 1.29 is 9.72 Å². The Kier molecular flexibility index (Phi) is 4.84. The first-order chi connectivity index (χ1) is 11.2. The van der Waals surface area contributed by atoms with Crippen LogP contribution < -0.4 is 16.0 Å². The highest BCUT2D eigenvalue weighted by Crippen LogP contribution is 2.20. The van der Waals surface area contributed by atoms with Gasteiger partial charge in [0.2, 0.25) is 0 Å². The van der Waals surface area contributed by atoms with E-state index in [9.17, 15) is 19.7 Å². The molecule has 2 aromatic rings. The van der Waals surface area contributed by atoms with E-state index in [1.807, 2.05) is 0 Å². The van der Waals surface area contributed by atoms with Gasteiger partial charge in [0.05, 0.1) is 11.1 Å². The zero-order valence-electron chi connectivity index (χ0n) is 13.1. The first kappa shape index (κ1) is 17.4. The second-order valence-electron chi connectivity index (χ2n) is 5.03. The van der Waals surface area contributed by atoms with Crippen LogP contribution in [0.25, 0.3) is 0 Å². The van der Waals surface area contributed by atoms with Crippen molar-refractivity contribution in [3.05, 3.63) is 61.0 Å². The number of halogens is 1. The van der Waals surface area contributed by atoms with Crippen LogP contribution in [0.5, 0.6) is 0 Å². The Labute approximate surface area is 141 Å². The number of amides is 1. The summed E-state index contributed by atoms with van der Waals surface area (Å²) < 4.78 is 1.06. The number of hydrazine groups is 1. The lowest BCUT2D eigenvalue weighted by Gasteiger charge is -2.21. The summed E-state index contributed by atoms with van der Waals surface area (Å²) in [4.78, 5) is 34.4. The zero-order valence-corrected chi connectivity index (χ0v) is 13.9. The summed E-state index contributed by atoms with van der Waals surface area (Å²) in [5, 5.41) is 15.9. The van der Waals surface area contributed by atoms with Crippen molar-refractivity contribution in [3.8, 4) is 0 Å². The minimum Gasteiger partial charge on any atom is -0.285 e. The average molecular weight is 352 g/mol. The van der Waals surface area contributed by atoms with Crippen LogP contribution in [0.4, 0.5) is 11.4 Å². The van der Waals surface area contributed by atoms with Gasteiger partial charge in [-0.05, 0) is 13.0 Å². The molecule has 0 aliphatic rings. The molecule has 2 rings (SSSR count). The van der Waals surface area contributed by atoms with Crippen LogP contribution in [-0.4, -0.2) is 27.7 Å². The maximum Gasteiger partial charge on any atom is 0.287 e. The molecule has 0 atom stereocenters. The number of aromatic nitrogens is 2. The number of anilines is 1. The average Bonchev–Trinajstić information content (AvgIpc) is 2.52. The SMILES string of the molecule is Cc1ccc(C(=O)NN(C)c2cnn(C)c(=O)c2Cl)cc1[N+](=O)[O-]. The highest BCUT2D eigenvalue weighted by Gasteiger charge is 2.18.